The van der Waals surface area contributed by atoms with Crippen LogP contribution in [0.3, 0.4) is 0 Å². The number of aliphatic hydroxyl groups is 2. The Labute approximate surface area is 111 Å². The van der Waals surface area contributed by atoms with Crippen LogP contribution in [0, 0.1) is 0 Å². The molecule has 0 bridgehead atoms. The van der Waals surface area contributed by atoms with Gasteiger partial charge in [-0.15, -0.1) is 16.1 Å². The van der Waals surface area contributed by atoms with E-state index in [0.29, 0.717) is 0 Å². The Morgan fingerprint density at radius 3 is 2.68 bits per heavy atom. The van der Waals surface area contributed by atoms with Gasteiger partial charge in [0.1, 0.15) is 11.8 Å². The lowest BCUT2D eigenvalue weighted by molar-refractivity contribution is -0.748. The van der Waals surface area contributed by atoms with Gasteiger partial charge in [-0.1, -0.05) is 0 Å². The fourth-order valence-corrected chi connectivity index (χ4v) is 3.06. The van der Waals surface area contributed by atoms with Crippen molar-refractivity contribution >= 4 is 23.5 Å². The minimum Gasteiger partial charge on any atom is -0.393 e. The fraction of sp³-hybridized carbons (Fsp3) is 0.600. The van der Waals surface area contributed by atoms with Gasteiger partial charge in [0.25, 0.3) is 5.91 Å². The van der Waals surface area contributed by atoms with Crippen molar-refractivity contribution in [1.29, 1.82) is 0 Å². The van der Waals surface area contributed by atoms with E-state index in [4.69, 9.17) is 16.3 Å². The molecule has 1 unspecified atom stereocenters. The van der Waals surface area contributed by atoms with Crippen LogP contribution in [0.15, 0.2) is 12.3 Å². The van der Waals surface area contributed by atoms with E-state index in [-0.39, 0.29) is 5.88 Å². The quantitative estimate of drug-likeness (QED) is 0.261. The number of carbonyl (C=O) groups is 2. The van der Waals surface area contributed by atoms with Gasteiger partial charge < -0.3 is 14.9 Å². The van der Waals surface area contributed by atoms with Crippen molar-refractivity contribution < 1.29 is 33.4 Å². The van der Waals surface area contributed by atoms with Crippen LogP contribution >= 0.6 is 11.6 Å². The van der Waals surface area contributed by atoms with E-state index >= 15 is 0 Å². The Kier molecular flexibility index (Phi) is 2.40. The van der Waals surface area contributed by atoms with Crippen LogP contribution in [0.25, 0.3) is 0 Å². The minimum absolute atomic E-state index is 0.322. The van der Waals surface area contributed by atoms with E-state index in [9.17, 15) is 24.2 Å². The monoisotopic (exact) mass is 293 g/mol. The minimum atomic E-state index is -2.45. The molecule has 3 heterocycles. The van der Waals surface area contributed by atoms with Crippen molar-refractivity contribution in [2.75, 3.05) is 12.5 Å². The van der Waals surface area contributed by atoms with Crippen LogP contribution in [0.5, 0.6) is 0 Å². The Balaban J connectivity index is 2.00. The second-order valence-electron chi connectivity index (χ2n) is 4.84. The van der Waals surface area contributed by atoms with Gasteiger partial charge in [-0.2, -0.15) is 4.39 Å². The number of quaternary nitrogens is 1. The molecular formula is C10H11ClFN2O5+. The zero-order valence-electron chi connectivity index (χ0n) is 9.55. The van der Waals surface area contributed by atoms with Gasteiger partial charge >= 0.3 is 18.1 Å². The molecule has 3 amide bonds. The van der Waals surface area contributed by atoms with Crippen molar-refractivity contribution in [2.45, 2.75) is 23.7 Å². The Hall–Kier alpha value is -1.06. The number of ether oxygens (including phenoxy) is 1. The Bertz CT molecular complexity index is 510. The molecule has 19 heavy (non-hydrogen) atoms. The summed E-state index contributed by atoms with van der Waals surface area (Å²) < 4.78 is 19.2. The van der Waals surface area contributed by atoms with E-state index in [2.05, 4.69) is 0 Å². The number of halogens is 2. The Morgan fingerprint density at radius 2 is 2.26 bits per heavy atom. The lowest BCUT2D eigenvalue weighted by Crippen LogP contribution is -2.60. The summed E-state index contributed by atoms with van der Waals surface area (Å²) in [5.74, 6) is -3.43. The van der Waals surface area contributed by atoms with E-state index in [1.807, 2.05) is 5.32 Å². The molecule has 3 aliphatic heterocycles. The summed E-state index contributed by atoms with van der Waals surface area (Å²) in [6.07, 6.45) is -1.06. The van der Waals surface area contributed by atoms with Gasteiger partial charge in [-0.3, -0.25) is 4.79 Å². The van der Waals surface area contributed by atoms with Gasteiger partial charge in [0.15, 0.2) is 6.10 Å². The van der Waals surface area contributed by atoms with Crippen molar-refractivity contribution in [3.63, 3.8) is 0 Å². The number of imide groups is 1. The van der Waals surface area contributed by atoms with Crippen molar-refractivity contribution in [1.82, 2.24) is 5.32 Å². The molecular weight excluding hydrogens is 283 g/mol. The number of hydrogen-bond acceptors (Lipinski definition) is 5. The predicted octanol–water partition coefficient (Wildman–Crippen LogP) is -1.07. The van der Waals surface area contributed by atoms with Gasteiger partial charge in [0.05, 0.1) is 18.6 Å². The van der Waals surface area contributed by atoms with Crippen molar-refractivity contribution in [3.8, 4) is 0 Å². The smallest absolute Gasteiger partial charge is 0.393 e. The average Bonchev–Trinajstić information content (AvgIpc) is 2.81. The van der Waals surface area contributed by atoms with Gasteiger partial charge in [0, 0.05) is 0 Å². The number of amides is 3. The highest BCUT2D eigenvalue weighted by Gasteiger charge is 2.97. The number of urea groups is 1. The molecule has 3 rings (SSSR count). The van der Waals surface area contributed by atoms with E-state index in [1.54, 1.807) is 0 Å². The van der Waals surface area contributed by atoms with E-state index in [0.717, 1.165) is 12.3 Å². The van der Waals surface area contributed by atoms with E-state index in [1.165, 1.54) is 0 Å². The van der Waals surface area contributed by atoms with Crippen LogP contribution in [-0.4, -0.2) is 62.8 Å². The number of alkyl halides is 2. The maximum absolute atomic E-state index is 14.9. The molecule has 0 saturated carbocycles. The highest BCUT2D eigenvalue weighted by atomic mass is 35.5. The summed E-state index contributed by atoms with van der Waals surface area (Å²) >= 11 is 5.60. The van der Waals surface area contributed by atoms with Crippen LogP contribution < -0.4 is 5.32 Å². The summed E-state index contributed by atoms with van der Waals surface area (Å²) in [4.78, 5) is 22.8. The van der Waals surface area contributed by atoms with E-state index < -0.39 is 46.8 Å². The molecule has 104 valence electrons. The van der Waals surface area contributed by atoms with Gasteiger partial charge in [-0.05, 0) is 0 Å². The zero-order valence-corrected chi connectivity index (χ0v) is 10.3. The molecule has 0 radical (unpaired) electrons. The first-order chi connectivity index (χ1) is 8.89. The maximum Gasteiger partial charge on any atom is 0.433 e. The zero-order chi connectivity index (χ0) is 14.1. The van der Waals surface area contributed by atoms with Crippen LogP contribution in [-0.2, 0) is 9.53 Å². The molecule has 0 aromatic rings. The molecule has 0 aromatic heterocycles. The third-order valence-corrected chi connectivity index (χ3v) is 4.42. The molecule has 2 fully saturated rings. The number of fused-ring (bicyclic) bond motifs is 3. The number of aliphatic hydroxyl groups excluding tert-OH is 2. The summed E-state index contributed by atoms with van der Waals surface area (Å²) in [5, 5.41) is 21.2. The largest absolute Gasteiger partial charge is 0.433 e. The molecule has 7 nitrogen and oxygen atoms in total. The third-order valence-electron chi connectivity index (χ3n) is 3.96. The summed E-state index contributed by atoms with van der Waals surface area (Å²) in [7, 11) is 0. The van der Waals surface area contributed by atoms with Gasteiger partial charge in [-0.25, -0.2) is 10.1 Å². The molecule has 3 N–H and O–H groups in total. The number of carbonyl (C=O) groups excluding carboxylic acids is 2. The van der Waals surface area contributed by atoms with Crippen LogP contribution in [0.1, 0.15) is 0 Å². The second-order valence-corrected chi connectivity index (χ2v) is 5.11. The highest BCUT2D eigenvalue weighted by Crippen LogP contribution is 2.64. The number of rotatable bonds is 2. The third kappa shape index (κ3) is 1.17. The fourth-order valence-electron chi connectivity index (χ4n) is 2.77. The SMILES string of the molecule is O=C1C=C[N+]2(C(=O)N1)[C@@H]1O[C@@](CO)(CCl)[C@@H](O)[C@@]12F. The second kappa shape index (κ2) is 3.53. The first-order valence-corrected chi connectivity index (χ1v) is 6.07. The first-order valence-electron chi connectivity index (χ1n) is 5.54. The summed E-state index contributed by atoms with van der Waals surface area (Å²) in [5.41, 5.74) is -1.64. The lowest BCUT2D eigenvalue weighted by Gasteiger charge is -2.33. The normalized spacial score (nSPS) is 51.4. The molecule has 2 saturated heterocycles. The summed E-state index contributed by atoms with van der Waals surface area (Å²) in [6.45, 7) is -0.676. The molecule has 9 heteroatoms. The maximum atomic E-state index is 14.9. The molecule has 1 spiro atoms. The number of hydrogen-bond donors (Lipinski definition) is 3. The number of nitrogens with zero attached hydrogens (tertiary/aromatic N) is 1. The molecule has 5 atom stereocenters. The topological polar surface area (TPSA) is 95.9 Å². The van der Waals surface area contributed by atoms with Crippen LogP contribution in [0.4, 0.5) is 9.18 Å². The number of nitrogens with one attached hydrogen (secondary N) is 1. The summed E-state index contributed by atoms with van der Waals surface area (Å²) in [6, 6.07) is -0.917. The van der Waals surface area contributed by atoms with Crippen LogP contribution in [0.2, 0.25) is 0 Å². The van der Waals surface area contributed by atoms with Gasteiger partial charge in [0.2, 0.25) is 0 Å². The first kappa shape index (κ1) is 12.9. The lowest BCUT2D eigenvalue weighted by atomic mass is 9.98. The van der Waals surface area contributed by atoms with Crippen molar-refractivity contribution in [2.24, 2.45) is 0 Å². The molecule has 0 aliphatic carbocycles. The highest BCUT2D eigenvalue weighted by molar-refractivity contribution is 6.18. The molecule has 3 aliphatic rings. The predicted molar refractivity (Wildman–Crippen MR) is 58.2 cm³/mol. The van der Waals surface area contributed by atoms with Crippen molar-refractivity contribution in [3.05, 3.63) is 12.3 Å². The average molecular weight is 294 g/mol. The Morgan fingerprint density at radius 1 is 1.58 bits per heavy atom. The standard InChI is InChI=1S/C10H10ClFN2O5/c11-3-9(4-15)6(17)10(12)7(19-9)14(10)2-1-5(16)13-8(14)18/h1-2,6-7,15,17H,3-4H2/p+1/t6-,7-,9-,10+,14?/m1/s1. The molecule has 0 aromatic carbocycles.